The molecule has 1 saturated heterocycles. The number of benzene rings is 6. The normalized spacial score (nSPS) is 17.2. The summed E-state index contributed by atoms with van der Waals surface area (Å²) in [6.45, 7) is 4.02. The first kappa shape index (κ1) is 50.5. The van der Waals surface area contributed by atoms with Gasteiger partial charge in [0, 0.05) is 53.7 Å². The van der Waals surface area contributed by atoms with Crippen molar-refractivity contribution in [1.29, 1.82) is 0 Å². The van der Waals surface area contributed by atoms with E-state index in [-0.39, 0.29) is 60.6 Å². The van der Waals surface area contributed by atoms with Crippen molar-refractivity contribution in [3.05, 3.63) is 213 Å². The summed E-state index contributed by atoms with van der Waals surface area (Å²) < 4.78 is 12.1. The zero-order valence-corrected chi connectivity index (χ0v) is 40.8. The van der Waals surface area contributed by atoms with Crippen molar-refractivity contribution in [3.63, 3.8) is 0 Å². The predicted molar refractivity (Wildman–Crippen MR) is 279 cm³/mol. The number of pyridine rings is 1. The SMILES string of the molecule is O=C(CC1CC(NC(=O)c2ccc(CCNC[C@H](O)c3ccc(O)c4[nH]c(=O)ccc34)cc2)C1)c1ccc(COc2cccc([C@](O)(C(=O)OCC3CCN(Cc4ccccc4)CC3)c3ccccc3)c2)cc1. The van der Waals surface area contributed by atoms with Gasteiger partial charge in [-0.15, -0.1) is 0 Å². The number of ketones is 1. The average Bonchev–Trinajstić information content (AvgIpc) is 3.41. The second-order valence-corrected chi connectivity index (χ2v) is 19.5. The Morgan fingerprint density at radius 2 is 1.42 bits per heavy atom. The molecular weight excluding hydrogens is 921 g/mol. The highest BCUT2D eigenvalue weighted by Crippen LogP contribution is 2.35. The molecule has 6 N–H and O–H groups in total. The number of fused-ring (bicyclic) bond motifs is 1. The highest BCUT2D eigenvalue weighted by Gasteiger charge is 2.42. The zero-order valence-electron chi connectivity index (χ0n) is 40.8. The molecule has 73 heavy (non-hydrogen) atoms. The van der Waals surface area contributed by atoms with Crippen molar-refractivity contribution in [2.45, 2.75) is 69.4 Å². The zero-order chi connectivity index (χ0) is 50.7. The third-order valence-corrected chi connectivity index (χ3v) is 14.3. The minimum Gasteiger partial charge on any atom is -0.506 e. The van der Waals surface area contributed by atoms with Gasteiger partial charge >= 0.3 is 5.97 Å². The predicted octanol–water partition coefficient (Wildman–Crippen LogP) is 8.15. The number of aromatic hydroxyl groups is 1. The molecule has 1 aliphatic heterocycles. The largest absolute Gasteiger partial charge is 0.506 e. The number of phenolic OH excluding ortho intramolecular Hbond substituents is 1. The number of hydrogen-bond acceptors (Lipinski definition) is 11. The second-order valence-electron chi connectivity index (χ2n) is 19.5. The van der Waals surface area contributed by atoms with Gasteiger partial charge in [-0.3, -0.25) is 19.3 Å². The number of nitrogens with zero attached hydrogens (tertiary/aromatic N) is 1. The molecule has 7 aromatic rings. The van der Waals surface area contributed by atoms with Crippen LogP contribution in [0.1, 0.15) is 92.3 Å². The fourth-order valence-electron chi connectivity index (χ4n) is 9.92. The number of aliphatic hydroxyl groups excluding tert-OH is 1. The maximum atomic E-state index is 13.9. The van der Waals surface area contributed by atoms with Crippen LogP contribution in [0.4, 0.5) is 0 Å². The van der Waals surface area contributed by atoms with Crippen LogP contribution in [-0.2, 0) is 34.7 Å². The molecule has 9 rings (SSSR count). The Bertz CT molecular complexity index is 3040. The summed E-state index contributed by atoms with van der Waals surface area (Å²) in [5, 5.41) is 40.1. The number of H-pyrrole nitrogens is 1. The van der Waals surface area contributed by atoms with Gasteiger partial charge in [-0.05, 0) is 128 Å². The Morgan fingerprint density at radius 3 is 2.16 bits per heavy atom. The van der Waals surface area contributed by atoms with Crippen molar-refractivity contribution >= 4 is 28.6 Å². The van der Waals surface area contributed by atoms with Crippen molar-refractivity contribution in [2.75, 3.05) is 32.8 Å². The fraction of sp³-hybridized carbons (Fsp3) is 0.300. The maximum absolute atomic E-state index is 13.9. The minimum absolute atomic E-state index is 0.00189. The lowest BCUT2D eigenvalue weighted by Crippen LogP contribution is -2.44. The van der Waals surface area contributed by atoms with Gasteiger partial charge in [0.1, 0.15) is 18.1 Å². The minimum atomic E-state index is -2.05. The highest BCUT2D eigenvalue weighted by molar-refractivity contribution is 5.96. The van der Waals surface area contributed by atoms with Crippen LogP contribution in [0.2, 0.25) is 0 Å². The number of aromatic amines is 1. The van der Waals surface area contributed by atoms with Gasteiger partial charge in [0.05, 0.1) is 18.2 Å². The number of ether oxygens (including phenoxy) is 2. The smallest absolute Gasteiger partial charge is 0.347 e. The number of amides is 1. The van der Waals surface area contributed by atoms with E-state index < -0.39 is 17.7 Å². The molecule has 0 spiro atoms. The molecule has 13 nitrogen and oxygen atoms in total. The van der Waals surface area contributed by atoms with Gasteiger partial charge in [-0.1, -0.05) is 115 Å². The number of phenols is 1. The number of aromatic nitrogens is 1. The van der Waals surface area contributed by atoms with E-state index in [9.17, 15) is 34.5 Å². The van der Waals surface area contributed by atoms with E-state index in [1.807, 2.05) is 36.4 Å². The van der Waals surface area contributed by atoms with Crippen LogP contribution in [0.3, 0.4) is 0 Å². The molecule has 2 aliphatic rings. The molecule has 1 aromatic heterocycles. The summed E-state index contributed by atoms with van der Waals surface area (Å²) in [6, 6.07) is 47.0. The molecule has 2 fully saturated rings. The molecule has 2 heterocycles. The third-order valence-electron chi connectivity index (χ3n) is 14.3. The number of esters is 1. The molecule has 0 radical (unpaired) electrons. The van der Waals surface area contributed by atoms with E-state index >= 15 is 0 Å². The lowest BCUT2D eigenvalue weighted by molar-refractivity contribution is -0.164. The van der Waals surface area contributed by atoms with E-state index in [0.717, 1.165) is 56.4 Å². The summed E-state index contributed by atoms with van der Waals surface area (Å²) in [7, 11) is 0. The molecule has 1 saturated carbocycles. The van der Waals surface area contributed by atoms with Gasteiger partial charge in [0.15, 0.2) is 5.78 Å². The number of likely N-dealkylation sites (tertiary alicyclic amines) is 1. The topological polar surface area (TPSA) is 191 Å². The molecule has 13 heteroatoms. The molecular formula is C60H62N4O9. The van der Waals surface area contributed by atoms with Gasteiger partial charge in [0.2, 0.25) is 11.2 Å². The number of carbonyl (C=O) groups excluding carboxylic acids is 3. The highest BCUT2D eigenvalue weighted by atomic mass is 16.5. The average molecular weight is 983 g/mol. The molecule has 6 aromatic carbocycles. The molecule has 0 bridgehead atoms. The van der Waals surface area contributed by atoms with E-state index in [1.54, 1.807) is 84.9 Å². The molecule has 1 aliphatic carbocycles. The molecule has 1 amide bonds. The first-order chi connectivity index (χ1) is 35.5. The van der Waals surface area contributed by atoms with Crippen molar-refractivity contribution in [3.8, 4) is 11.5 Å². The first-order valence-corrected chi connectivity index (χ1v) is 25.2. The summed E-state index contributed by atoms with van der Waals surface area (Å²) in [4.78, 5) is 57.0. The second kappa shape index (κ2) is 23.4. The molecule has 376 valence electrons. The Morgan fingerprint density at radius 1 is 0.740 bits per heavy atom. The van der Waals surface area contributed by atoms with E-state index in [1.165, 1.54) is 17.7 Å². The Balaban J connectivity index is 0.694. The number of Topliss-reactive ketones (excluding diaryl/α,β-unsaturated/α-hetero) is 1. The van der Waals surface area contributed by atoms with Gasteiger partial charge < -0.3 is 40.4 Å². The quantitative estimate of drug-likeness (QED) is 0.0232. The summed E-state index contributed by atoms with van der Waals surface area (Å²) in [5.41, 5.74) is 3.58. The fourth-order valence-corrected chi connectivity index (χ4v) is 9.92. The Labute approximate surface area is 424 Å². The van der Waals surface area contributed by atoms with Crippen LogP contribution in [-0.4, -0.2) is 81.7 Å². The van der Waals surface area contributed by atoms with Crippen molar-refractivity contribution < 1.29 is 39.2 Å². The van der Waals surface area contributed by atoms with Crippen LogP contribution >= 0.6 is 0 Å². The monoisotopic (exact) mass is 982 g/mol. The van der Waals surface area contributed by atoms with E-state index in [2.05, 4.69) is 44.8 Å². The van der Waals surface area contributed by atoms with Crippen LogP contribution in [0.15, 0.2) is 163 Å². The van der Waals surface area contributed by atoms with Gasteiger partial charge in [-0.25, -0.2) is 4.79 Å². The molecule has 0 unspecified atom stereocenters. The third kappa shape index (κ3) is 12.6. The summed E-state index contributed by atoms with van der Waals surface area (Å²) in [5.74, 6) is -0.0499. The Kier molecular flexibility index (Phi) is 16.2. The van der Waals surface area contributed by atoms with Gasteiger partial charge in [0.25, 0.3) is 5.91 Å². The summed E-state index contributed by atoms with van der Waals surface area (Å²) in [6.07, 6.45) is 3.47. The lowest BCUT2D eigenvalue weighted by Gasteiger charge is -2.35. The first-order valence-electron chi connectivity index (χ1n) is 25.2. The van der Waals surface area contributed by atoms with Crippen LogP contribution in [0, 0.1) is 11.8 Å². The van der Waals surface area contributed by atoms with Gasteiger partial charge in [-0.2, -0.15) is 0 Å². The number of rotatable bonds is 21. The number of carbonyl (C=O) groups is 3. The van der Waals surface area contributed by atoms with Crippen LogP contribution < -0.4 is 20.9 Å². The lowest BCUT2D eigenvalue weighted by atomic mass is 9.76. The maximum Gasteiger partial charge on any atom is 0.347 e. The summed E-state index contributed by atoms with van der Waals surface area (Å²) >= 11 is 0. The standard InChI is InChI=1S/C60H62N4O9/c65-53-24-22-51(52-23-25-56(68)63-57(52)53)55(67)36-61-29-26-40-14-20-46(21-15-40)58(69)62-49-32-44(33-49)34-54(66)45-18-16-42(17-19-45)38-72-50-13-7-12-48(35-50)60(71,47-10-5-2-6-11-47)59(70)73-39-43-27-30-64(31-28-43)37-41-8-3-1-4-9-41/h1-25,35,43-44,49,55,61,65,67,71H,26-34,36-39H2,(H,62,69)(H,63,68)/t44?,49?,55-,60-/m0/s1. The van der Waals surface area contributed by atoms with Crippen molar-refractivity contribution in [2.24, 2.45) is 11.8 Å². The van der Waals surface area contributed by atoms with E-state index in [0.29, 0.717) is 63.9 Å². The van der Waals surface area contributed by atoms with Crippen molar-refractivity contribution in [1.82, 2.24) is 20.5 Å². The number of nitrogens with one attached hydrogen (secondary N) is 3. The molecule has 2 atom stereocenters. The number of piperidine rings is 1. The van der Waals surface area contributed by atoms with Crippen LogP contribution in [0.5, 0.6) is 11.5 Å². The Hall–Kier alpha value is -7.42. The number of hydrogen-bond donors (Lipinski definition) is 6. The van der Waals surface area contributed by atoms with E-state index in [4.69, 9.17) is 9.47 Å². The van der Waals surface area contributed by atoms with Crippen LogP contribution in [0.25, 0.3) is 10.9 Å². The number of aliphatic hydroxyl groups is 2.